The standard InChI is InChI=1S/C27H30O10/c1-21-10-16(34-17(29)11-21)23(3)27-18(21)19(30)26(33,37-27)13-9-15-25(35-15)7-4-5-14(28)22(25,2)12(13)6-8-24(27,32)20(31)36-23/h4-5,12-13,15-16,18,32-33H,6-11H2,1-3H3/t12?,13?,15?,16-,18?,21-,22+,23+,24?,25?,26-,27+/m1/s1. The Labute approximate surface area is 212 Å². The van der Waals surface area contributed by atoms with Crippen molar-refractivity contribution in [1.82, 2.24) is 0 Å². The maximum Gasteiger partial charge on any atom is 0.342 e. The van der Waals surface area contributed by atoms with Gasteiger partial charge in [0.2, 0.25) is 5.79 Å². The van der Waals surface area contributed by atoms with Crippen LogP contribution in [0.1, 0.15) is 59.3 Å². The van der Waals surface area contributed by atoms with Crippen molar-refractivity contribution < 1.29 is 48.3 Å². The summed E-state index contributed by atoms with van der Waals surface area (Å²) in [7, 11) is 0. The van der Waals surface area contributed by atoms with Gasteiger partial charge in [0.15, 0.2) is 28.4 Å². The summed E-state index contributed by atoms with van der Waals surface area (Å²) >= 11 is 0. The molecule has 5 aliphatic heterocycles. The lowest BCUT2D eigenvalue weighted by Crippen LogP contribution is -2.77. The van der Waals surface area contributed by atoms with E-state index in [0.29, 0.717) is 12.8 Å². The molecule has 2 N–H and O–H groups in total. The average Bonchev–Trinajstić information content (AvgIpc) is 3.41. The van der Waals surface area contributed by atoms with E-state index in [2.05, 4.69) is 0 Å². The van der Waals surface area contributed by atoms with Crippen LogP contribution in [0.4, 0.5) is 0 Å². The Kier molecular flexibility index (Phi) is 3.62. The van der Waals surface area contributed by atoms with Crippen LogP contribution >= 0.6 is 0 Å². The largest absolute Gasteiger partial charge is 0.458 e. The van der Waals surface area contributed by atoms with E-state index in [-0.39, 0.29) is 37.6 Å². The maximum absolute atomic E-state index is 14.5. The smallest absolute Gasteiger partial charge is 0.342 e. The molecule has 3 aliphatic carbocycles. The first-order chi connectivity index (χ1) is 17.2. The highest BCUT2D eigenvalue weighted by Gasteiger charge is 2.92. The number of epoxide rings is 1. The van der Waals surface area contributed by atoms with Crippen molar-refractivity contribution in [3.8, 4) is 0 Å². The predicted octanol–water partition coefficient (Wildman–Crippen LogP) is 0.504. The van der Waals surface area contributed by atoms with Gasteiger partial charge in [0, 0.05) is 5.92 Å². The molecule has 2 saturated carbocycles. The second-order valence-electron chi connectivity index (χ2n) is 13.4. The first-order valence-electron chi connectivity index (χ1n) is 13.2. The van der Waals surface area contributed by atoms with Crippen LogP contribution in [0.2, 0.25) is 0 Å². The second-order valence-corrected chi connectivity index (χ2v) is 13.4. The number of ether oxygens (including phenoxy) is 4. The van der Waals surface area contributed by atoms with Gasteiger partial charge in [-0.25, -0.2) is 4.79 Å². The molecule has 10 heteroatoms. The van der Waals surface area contributed by atoms with Gasteiger partial charge in [0.1, 0.15) is 11.7 Å². The SMILES string of the molecule is C[C@]12CC(=O)O[C@H](C1)[C@]1(C)OC(=O)C3(O)CCC4C(CC5OC56CC=CC(=O)[C@]46C)[C@@]4(O)O[C@]31C2C4=O. The summed E-state index contributed by atoms with van der Waals surface area (Å²) < 4.78 is 24.2. The summed E-state index contributed by atoms with van der Waals surface area (Å²) in [6.45, 7) is 5.10. The Morgan fingerprint density at radius 3 is 2.54 bits per heavy atom. The van der Waals surface area contributed by atoms with E-state index in [0.717, 1.165) is 0 Å². The molecule has 5 heterocycles. The first-order valence-corrected chi connectivity index (χ1v) is 13.2. The Morgan fingerprint density at radius 1 is 1.03 bits per heavy atom. The summed E-state index contributed by atoms with van der Waals surface area (Å²) in [5.41, 5.74) is -8.79. The molecule has 4 bridgehead atoms. The van der Waals surface area contributed by atoms with Crippen molar-refractivity contribution in [2.45, 2.75) is 99.7 Å². The van der Waals surface area contributed by atoms with Crippen LogP contribution in [0, 0.1) is 28.6 Å². The molecule has 5 saturated heterocycles. The van der Waals surface area contributed by atoms with E-state index >= 15 is 0 Å². The zero-order chi connectivity index (χ0) is 26.2. The van der Waals surface area contributed by atoms with Gasteiger partial charge < -0.3 is 29.2 Å². The molecule has 0 aromatic carbocycles. The minimum Gasteiger partial charge on any atom is -0.458 e. The molecular weight excluding hydrogens is 484 g/mol. The number of fused-ring (bicyclic) bond motifs is 8. The summed E-state index contributed by atoms with van der Waals surface area (Å²) in [6.07, 6.45) is 3.02. The third-order valence-electron chi connectivity index (χ3n) is 12.0. The van der Waals surface area contributed by atoms with Gasteiger partial charge in [0.25, 0.3) is 0 Å². The fraction of sp³-hybridized carbons (Fsp3) is 0.778. The molecule has 0 aromatic rings. The Morgan fingerprint density at radius 2 is 1.78 bits per heavy atom. The summed E-state index contributed by atoms with van der Waals surface area (Å²) in [6, 6.07) is 0. The van der Waals surface area contributed by atoms with Crippen molar-refractivity contribution in [2.24, 2.45) is 28.6 Å². The summed E-state index contributed by atoms with van der Waals surface area (Å²) in [5, 5.41) is 24.6. The fourth-order valence-corrected chi connectivity index (χ4v) is 10.2. The number of carbonyl (C=O) groups is 4. The van der Waals surface area contributed by atoms with Crippen LogP contribution in [0.5, 0.6) is 0 Å². The molecule has 10 nitrogen and oxygen atoms in total. The lowest BCUT2D eigenvalue weighted by atomic mass is 9.48. The number of hydrogen-bond donors (Lipinski definition) is 2. The van der Waals surface area contributed by atoms with E-state index in [1.54, 1.807) is 13.0 Å². The number of esters is 2. The van der Waals surface area contributed by atoms with Gasteiger partial charge in [-0.2, -0.15) is 0 Å². The first kappa shape index (κ1) is 22.8. The van der Waals surface area contributed by atoms with Crippen molar-refractivity contribution >= 4 is 23.5 Å². The zero-order valence-corrected chi connectivity index (χ0v) is 20.9. The third-order valence-corrected chi connectivity index (χ3v) is 12.0. The van der Waals surface area contributed by atoms with E-state index in [1.165, 1.54) is 13.0 Å². The van der Waals surface area contributed by atoms with Gasteiger partial charge in [0.05, 0.1) is 23.9 Å². The predicted molar refractivity (Wildman–Crippen MR) is 119 cm³/mol. The number of Topliss-reactive ketones (excluding diaryl/α,β-unsaturated/α-hetero) is 1. The topological polar surface area (TPSA) is 149 Å². The molecule has 8 rings (SSSR count). The van der Waals surface area contributed by atoms with Crippen LogP contribution < -0.4 is 0 Å². The van der Waals surface area contributed by atoms with Gasteiger partial charge in [-0.1, -0.05) is 13.0 Å². The minimum absolute atomic E-state index is 0.120. The second kappa shape index (κ2) is 5.88. The normalized spacial score (nSPS) is 62.4. The van der Waals surface area contributed by atoms with Gasteiger partial charge in [-0.3, -0.25) is 14.4 Å². The molecule has 198 valence electrons. The highest BCUT2D eigenvalue weighted by atomic mass is 16.7. The van der Waals surface area contributed by atoms with Crippen LogP contribution in [-0.4, -0.2) is 74.1 Å². The summed E-state index contributed by atoms with van der Waals surface area (Å²) in [4.78, 5) is 54.3. The van der Waals surface area contributed by atoms with Crippen LogP contribution in [-0.2, 0) is 38.1 Å². The number of allylic oxidation sites excluding steroid dienone is 1. The van der Waals surface area contributed by atoms with E-state index in [1.807, 2.05) is 6.92 Å². The van der Waals surface area contributed by atoms with Crippen LogP contribution in [0.3, 0.4) is 0 Å². The van der Waals surface area contributed by atoms with E-state index < -0.39 is 80.6 Å². The number of aliphatic hydroxyl groups is 2. The summed E-state index contributed by atoms with van der Waals surface area (Å²) in [5.74, 6) is -7.36. The molecule has 8 aliphatic rings. The molecule has 37 heavy (non-hydrogen) atoms. The van der Waals surface area contributed by atoms with Crippen molar-refractivity contribution in [2.75, 3.05) is 0 Å². The highest BCUT2D eigenvalue weighted by molar-refractivity contribution is 6.00. The molecule has 12 atom stereocenters. The zero-order valence-electron chi connectivity index (χ0n) is 20.9. The maximum atomic E-state index is 14.5. The Balaban J connectivity index is 1.38. The molecule has 0 radical (unpaired) electrons. The molecule has 2 spiro atoms. The van der Waals surface area contributed by atoms with Crippen molar-refractivity contribution in [3.05, 3.63) is 12.2 Å². The number of rotatable bonds is 0. The Hall–Kier alpha value is -2.14. The van der Waals surface area contributed by atoms with E-state index in [4.69, 9.17) is 18.9 Å². The van der Waals surface area contributed by atoms with Gasteiger partial charge in [-0.05, 0) is 63.4 Å². The average molecular weight is 515 g/mol. The number of hydrogen-bond acceptors (Lipinski definition) is 10. The third kappa shape index (κ3) is 1.98. The molecule has 6 unspecified atom stereocenters. The van der Waals surface area contributed by atoms with Gasteiger partial charge >= 0.3 is 11.9 Å². The van der Waals surface area contributed by atoms with Gasteiger partial charge in [-0.15, -0.1) is 0 Å². The minimum atomic E-state index is -2.41. The number of ketones is 2. The Bertz CT molecular complexity index is 1280. The molecule has 7 fully saturated rings. The quantitative estimate of drug-likeness (QED) is 0.346. The number of carbonyl (C=O) groups excluding carboxylic acids is 4. The molecule has 0 aromatic heterocycles. The van der Waals surface area contributed by atoms with Crippen LogP contribution in [0.15, 0.2) is 12.2 Å². The van der Waals surface area contributed by atoms with E-state index in [9.17, 15) is 29.4 Å². The van der Waals surface area contributed by atoms with Crippen molar-refractivity contribution in [3.63, 3.8) is 0 Å². The lowest BCUT2D eigenvalue weighted by molar-refractivity contribution is -0.345. The lowest BCUT2D eigenvalue weighted by Gasteiger charge is -2.60. The molecule has 0 amide bonds. The van der Waals surface area contributed by atoms with Crippen molar-refractivity contribution in [1.29, 1.82) is 0 Å². The van der Waals surface area contributed by atoms with Crippen LogP contribution in [0.25, 0.3) is 0 Å². The molecular formula is C27H30O10. The highest BCUT2D eigenvalue weighted by Crippen LogP contribution is 2.75. The fourth-order valence-electron chi connectivity index (χ4n) is 10.2. The monoisotopic (exact) mass is 514 g/mol.